The first-order chi connectivity index (χ1) is 21.2. The molecule has 45 heavy (non-hydrogen) atoms. The van der Waals surface area contributed by atoms with Crippen LogP contribution >= 0.6 is 0 Å². The Morgan fingerprint density at radius 2 is 1.98 bits per heavy atom. The highest BCUT2D eigenvalue weighted by molar-refractivity contribution is 5.94. The molecule has 3 aromatic rings. The molecule has 1 unspecified atom stereocenters. The van der Waals surface area contributed by atoms with Crippen LogP contribution < -0.4 is 16.2 Å². The van der Waals surface area contributed by atoms with E-state index in [9.17, 15) is 24.3 Å². The molecule has 1 aliphatic carbocycles. The van der Waals surface area contributed by atoms with Gasteiger partial charge in [0.2, 0.25) is 5.91 Å². The summed E-state index contributed by atoms with van der Waals surface area (Å²) in [6, 6.07) is 2.58. The van der Waals surface area contributed by atoms with Gasteiger partial charge in [-0.15, -0.1) is 0 Å². The molecule has 1 aromatic carbocycles. The quantitative estimate of drug-likeness (QED) is 0.217. The Hall–Kier alpha value is -4.32. The second-order valence-corrected chi connectivity index (χ2v) is 13.0. The van der Waals surface area contributed by atoms with E-state index < -0.39 is 34.9 Å². The number of fused-ring (bicyclic) bond motifs is 5. The number of rotatable bonds is 6. The summed E-state index contributed by atoms with van der Waals surface area (Å²) in [5, 5.41) is 17.8. The van der Waals surface area contributed by atoms with Gasteiger partial charge in [-0.25, -0.2) is 19.0 Å². The number of nitrogens with zero attached hydrogens (tertiary/aromatic N) is 2. The molecule has 4 heterocycles. The van der Waals surface area contributed by atoms with E-state index in [1.165, 1.54) is 6.07 Å². The predicted molar refractivity (Wildman–Crippen MR) is 162 cm³/mol. The second-order valence-electron chi connectivity index (χ2n) is 13.0. The first-order valence-corrected chi connectivity index (χ1v) is 15.3. The number of carbonyl (C=O) groups excluding carboxylic acids is 3. The van der Waals surface area contributed by atoms with Gasteiger partial charge >= 0.3 is 12.1 Å². The summed E-state index contributed by atoms with van der Waals surface area (Å²) < 4.78 is 27.1. The van der Waals surface area contributed by atoms with E-state index in [4.69, 9.17) is 14.5 Å². The summed E-state index contributed by atoms with van der Waals surface area (Å²) in [6.45, 7) is 8.87. The third kappa shape index (κ3) is 5.14. The lowest BCUT2D eigenvalue weighted by molar-refractivity contribution is -0.172. The maximum Gasteiger partial charge on any atom is 0.407 e. The Labute approximate surface area is 259 Å². The van der Waals surface area contributed by atoms with Crippen molar-refractivity contribution in [2.45, 2.75) is 97.1 Å². The lowest BCUT2D eigenvalue weighted by Crippen LogP contribution is -2.44. The number of aryl methyl sites for hydroxylation is 1. The molecule has 2 aliphatic heterocycles. The third-order valence-electron chi connectivity index (χ3n) is 8.96. The molecule has 0 saturated heterocycles. The number of nitrogens with one attached hydrogen (secondary N) is 2. The molecular formula is C33H37FN4O7. The highest BCUT2D eigenvalue weighted by Gasteiger charge is 2.46. The number of amides is 2. The van der Waals surface area contributed by atoms with Crippen LogP contribution in [0.3, 0.4) is 0 Å². The van der Waals surface area contributed by atoms with E-state index in [1.807, 2.05) is 0 Å². The number of benzene rings is 1. The number of aromatic nitrogens is 2. The Morgan fingerprint density at radius 3 is 2.69 bits per heavy atom. The number of pyridine rings is 2. The first kappa shape index (κ1) is 30.7. The molecule has 0 saturated carbocycles. The number of carbonyl (C=O) groups is 3. The predicted octanol–water partition coefficient (Wildman–Crippen LogP) is 3.94. The van der Waals surface area contributed by atoms with Crippen molar-refractivity contribution in [3.8, 4) is 11.4 Å². The molecule has 238 valence electrons. The fourth-order valence-corrected chi connectivity index (χ4v) is 6.72. The molecular weight excluding hydrogens is 583 g/mol. The molecule has 3 N–H and O–H groups in total. The van der Waals surface area contributed by atoms with Crippen LogP contribution in [0.1, 0.15) is 92.8 Å². The van der Waals surface area contributed by atoms with Crippen molar-refractivity contribution in [1.82, 2.24) is 20.2 Å². The van der Waals surface area contributed by atoms with E-state index in [-0.39, 0.29) is 55.4 Å². The van der Waals surface area contributed by atoms with Gasteiger partial charge in [-0.3, -0.25) is 9.59 Å². The zero-order valence-corrected chi connectivity index (χ0v) is 26.1. The highest BCUT2D eigenvalue weighted by atomic mass is 19.1. The van der Waals surface area contributed by atoms with Crippen LogP contribution in [0, 0.1) is 12.7 Å². The number of halogens is 1. The van der Waals surface area contributed by atoms with Crippen LogP contribution in [-0.4, -0.2) is 44.8 Å². The van der Waals surface area contributed by atoms with Gasteiger partial charge < -0.3 is 29.8 Å². The number of hydrogen-bond acceptors (Lipinski definition) is 8. The molecule has 12 heteroatoms. The van der Waals surface area contributed by atoms with E-state index in [0.29, 0.717) is 41.7 Å². The van der Waals surface area contributed by atoms with Gasteiger partial charge in [0.15, 0.2) is 5.60 Å². The Bertz CT molecular complexity index is 1840. The molecule has 2 amide bonds. The Kier molecular flexibility index (Phi) is 7.46. The fourth-order valence-electron chi connectivity index (χ4n) is 6.72. The van der Waals surface area contributed by atoms with Crippen molar-refractivity contribution in [2.24, 2.45) is 0 Å². The summed E-state index contributed by atoms with van der Waals surface area (Å²) in [7, 11) is 0. The molecule has 11 nitrogen and oxygen atoms in total. The number of aliphatic hydroxyl groups is 1. The summed E-state index contributed by atoms with van der Waals surface area (Å²) in [6.07, 6.45) is 1.08. The van der Waals surface area contributed by atoms with Crippen molar-refractivity contribution in [3.05, 3.63) is 61.7 Å². The lowest BCUT2D eigenvalue weighted by atomic mass is 9.81. The molecule has 6 rings (SSSR count). The SMILES string of the molecule is CC[C@@]1(O)C(=O)OCc2c1cc1n(c2=O)Cc2c-1nc1cc(F)c(C)c3c1c2C(NC(=O)CCCNC(=O)OC(C)(C)C)CC3. The van der Waals surface area contributed by atoms with Gasteiger partial charge in [-0.05, 0) is 76.1 Å². The highest BCUT2D eigenvalue weighted by Crippen LogP contribution is 2.46. The number of hydrogen-bond donors (Lipinski definition) is 3. The van der Waals surface area contributed by atoms with Crippen LogP contribution in [0.25, 0.3) is 22.3 Å². The smallest absolute Gasteiger partial charge is 0.407 e. The van der Waals surface area contributed by atoms with Crippen LogP contribution in [-0.2, 0) is 44.2 Å². The molecule has 0 bridgehead atoms. The van der Waals surface area contributed by atoms with Gasteiger partial charge in [0.05, 0.1) is 35.1 Å². The van der Waals surface area contributed by atoms with Crippen molar-refractivity contribution in [2.75, 3.05) is 6.54 Å². The van der Waals surface area contributed by atoms with Crippen molar-refractivity contribution >= 4 is 28.9 Å². The molecule has 0 fully saturated rings. The maximum atomic E-state index is 15.1. The minimum absolute atomic E-state index is 0.0141. The minimum Gasteiger partial charge on any atom is -0.458 e. The zero-order chi connectivity index (χ0) is 32.4. The number of cyclic esters (lactones) is 1. The minimum atomic E-state index is -1.97. The standard InChI is InChI=1S/C33H37FN4O7/c1-6-33(43)20-12-24-28-18(14-38(24)29(40)19(20)15-44-30(33)41)27-22(10-9-17-16(2)21(34)13-23(37-28)26(17)27)36-25(39)8-7-11-35-31(42)45-32(3,4)5/h12-13,22,43H,6-11,14-15H2,1-5H3,(H,35,42)(H,36,39)/t22?,33-/m0/s1. The van der Waals surface area contributed by atoms with E-state index in [0.717, 1.165) is 22.1 Å². The maximum absolute atomic E-state index is 15.1. The van der Waals surface area contributed by atoms with Crippen molar-refractivity contribution < 1.29 is 33.4 Å². The van der Waals surface area contributed by atoms with E-state index in [2.05, 4.69) is 10.6 Å². The summed E-state index contributed by atoms with van der Waals surface area (Å²) in [5.74, 6) is -1.41. The number of alkyl carbamates (subject to hydrolysis) is 1. The first-order valence-electron chi connectivity index (χ1n) is 15.3. The summed E-state index contributed by atoms with van der Waals surface area (Å²) in [4.78, 5) is 56.3. The summed E-state index contributed by atoms with van der Waals surface area (Å²) in [5.41, 5.74) is 1.56. The van der Waals surface area contributed by atoms with Gasteiger partial charge in [-0.1, -0.05) is 6.92 Å². The Morgan fingerprint density at radius 1 is 1.22 bits per heavy atom. The fraction of sp³-hybridized carbons (Fsp3) is 0.485. The monoisotopic (exact) mass is 620 g/mol. The van der Waals surface area contributed by atoms with Crippen molar-refractivity contribution in [1.29, 1.82) is 0 Å². The van der Waals surface area contributed by atoms with Crippen molar-refractivity contribution in [3.63, 3.8) is 0 Å². The average Bonchev–Trinajstić information content (AvgIpc) is 3.34. The largest absolute Gasteiger partial charge is 0.458 e. The normalized spacial score (nSPS) is 19.8. The van der Waals surface area contributed by atoms with E-state index >= 15 is 4.39 Å². The van der Waals surface area contributed by atoms with E-state index in [1.54, 1.807) is 45.3 Å². The van der Waals surface area contributed by atoms with Crippen LogP contribution in [0.4, 0.5) is 9.18 Å². The third-order valence-corrected chi connectivity index (χ3v) is 8.96. The lowest BCUT2D eigenvalue weighted by Gasteiger charge is -2.31. The average molecular weight is 621 g/mol. The van der Waals surface area contributed by atoms with Gasteiger partial charge in [0.25, 0.3) is 5.56 Å². The van der Waals surface area contributed by atoms with Gasteiger partial charge in [-0.2, -0.15) is 0 Å². The van der Waals surface area contributed by atoms with Crippen LogP contribution in [0.5, 0.6) is 0 Å². The Balaban J connectivity index is 1.36. The number of ether oxygens (including phenoxy) is 2. The molecule has 0 spiro atoms. The van der Waals surface area contributed by atoms with Crippen LogP contribution in [0.15, 0.2) is 16.9 Å². The molecule has 2 aromatic heterocycles. The molecule has 2 atom stereocenters. The number of esters is 1. The second kappa shape index (κ2) is 10.9. The van der Waals surface area contributed by atoms with Crippen LogP contribution in [0.2, 0.25) is 0 Å². The van der Waals surface area contributed by atoms with Gasteiger partial charge in [0, 0.05) is 35.5 Å². The topological polar surface area (TPSA) is 149 Å². The van der Waals surface area contributed by atoms with Gasteiger partial charge in [0.1, 0.15) is 18.0 Å². The zero-order valence-electron chi connectivity index (χ0n) is 26.1. The molecule has 3 aliphatic rings. The molecule has 0 radical (unpaired) electrons. The summed E-state index contributed by atoms with van der Waals surface area (Å²) >= 11 is 0.